The first-order valence-electron chi connectivity index (χ1n) is 10.7. The predicted molar refractivity (Wildman–Crippen MR) is 138 cm³/mol. The third kappa shape index (κ3) is 7.26. The van der Waals surface area contributed by atoms with Gasteiger partial charge in [-0.15, -0.1) is 11.3 Å². The van der Waals surface area contributed by atoms with Gasteiger partial charge in [-0.1, -0.05) is 50.9 Å². The van der Waals surface area contributed by atoms with Gasteiger partial charge in [0.1, 0.15) is 0 Å². The van der Waals surface area contributed by atoms with Crippen molar-refractivity contribution in [3.05, 3.63) is 50.1 Å². The van der Waals surface area contributed by atoms with Crippen LogP contribution in [0, 0.1) is 17.2 Å². The molecule has 1 aliphatic heterocycles. The summed E-state index contributed by atoms with van der Waals surface area (Å²) in [6.45, 7) is 8.93. The number of hydrogen-bond donors (Lipinski definition) is 2. The Hall–Kier alpha value is -1.98. The van der Waals surface area contributed by atoms with Crippen molar-refractivity contribution < 1.29 is 17.9 Å². The maximum Gasteiger partial charge on any atom is 0.297 e. The molecule has 1 amide bonds. The normalized spacial score (nSPS) is 19.2. The number of piperidine rings is 1. The number of ether oxygens (including phenoxy) is 1. The van der Waals surface area contributed by atoms with Gasteiger partial charge in [-0.2, -0.15) is 9.30 Å². The van der Waals surface area contributed by atoms with Gasteiger partial charge < -0.3 is 10.5 Å². The molecule has 2 atom stereocenters. The van der Waals surface area contributed by atoms with Crippen molar-refractivity contribution in [2.75, 3.05) is 13.1 Å². The number of thiophene rings is 1. The van der Waals surface area contributed by atoms with Crippen LogP contribution in [0.2, 0.25) is 10.0 Å². The van der Waals surface area contributed by atoms with Crippen molar-refractivity contribution in [2.24, 2.45) is 22.6 Å². The fraction of sp³-hybridized carbons (Fsp3) is 0.409. The zero-order chi connectivity index (χ0) is 25.6. The topological polar surface area (TPSA) is 126 Å². The van der Waals surface area contributed by atoms with Gasteiger partial charge >= 0.3 is 0 Å². The summed E-state index contributed by atoms with van der Waals surface area (Å²) in [6, 6.07) is 5.11. The van der Waals surface area contributed by atoms with E-state index in [0.29, 0.717) is 23.1 Å². The highest BCUT2D eigenvalue weighted by Crippen LogP contribution is 2.29. The van der Waals surface area contributed by atoms with Crippen molar-refractivity contribution >= 4 is 62.4 Å². The number of benzene rings is 1. The van der Waals surface area contributed by atoms with Crippen molar-refractivity contribution in [3.8, 4) is 0 Å². The van der Waals surface area contributed by atoms with Crippen LogP contribution in [0.1, 0.15) is 49.4 Å². The van der Waals surface area contributed by atoms with Gasteiger partial charge in [-0.3, -0.25) is 10.2 Å². The summed E-state index contributed by atoms with van der Waals surface area (Å²) >= 11 is 12.8. The first-order chi connectivity index (χ1) is 16.0. The van der Waals surface area contributed by atoms with E-state index in [9.17, 15) is 13.2 Å². The van der Waals surface area contributed by atoms with E-state index < -0.39 is 27.8 Å². The van der Waals surface area contributed by atoms with E-state index in [1.807, 2.05) is 27.7 Å². The molecule has 0 unspecified atom stereocenters. The lowest BCUT2D eigenvalue weighted by atomic mass is 9.94. The van der Waals surface area contributed by atoms with Gasteiger partial charge in [0.25, 0.3) is 11.9 Å². The van der Waals surface area contributed by atoms with Crippen LogP contribution in [0.5, 0.6) is 0 Å². The van der Waals surface area contributed by atoms with Crippen LogP contribution in [-0.2, 0) is 14.8 Å². The summed E-state index contributed by atoms with van der Waals surface area (Å²) in [7, 11) is -3.71. The number of carbonyl (C=O) groups excluding carboxylic acids is 1. The average molecular weight is 548 g/mol. The highest BCUT2D eigenvalue weighted by atomic mass is 35.5. The van der Waals surface area contributed by atoms with Gasteiger partial charge in [0.05, 0.1) is 9.77 Å². The zero-order valence-corrected chi connectivity index (χ0v) is 22.5. The molecule has 1 fully saturated rings. The molecular weight excluding hydrogens is 519 g/mol. The molecule has 2 aromatic rings. The fourth-order valence-electron chi connectivity index (χ4n) is 3.54. The molecule has 3 rings (SSSR count). The second-order valence-corrected chi connectivity index (χ2v) is 11.5. The number of rotatable bonds is 4. The molecular formula is C22H28Cl2N4O4S2. The van der Waals surface area contributed by atoms with E-state index in [1.165, 1.54) is 34.0 Å². The molecule has 0 spiro atoms. The fourth-order valence-corrected chi connectivity index (χ4v) is 6.89. The second kappa shape index (κ2) is 12.1. The van der Waals surface area contributed by atoms with Crippen molar-refractivity contribution in [1.29, 1.82) is 5.41 Å². The van der Waals surface area contributed by atoms with Gasteiger partial charge in [-0.25, -0.2) is 8.42 Å². The van der Waals surface area contributed by atoms with Crippen LogP contribution in [0.15, 0.2) is 39.5 Å². The van der Waals surface area contributed by atoms with E-state index >= 15 is 0 Å². The standard InChI is InChI=1S/C20H22Cl2N4O4S2.C2H6/c1-11-3-12(2)9-26(8-11)32(28,29)16-7-17(31-10-16)19(27)25-20(24)30-18(23)13-4-14(21)6-15(22)5-13;1-2/h4-7,10-12,23H,3,8-9H2,1-2H3,(H2,24,25,27);1-2H3/t11-,12+;. The Morgan fingerprint density at radius 1 is 1.15 bits per heavy atom. The Balaban J connectivity index is 0.00000199. The number of amidine groups is 1. The molecule has 1 aromatic carbocycles. The lowest BCUT2D eigenvalue weighted by Crippen LogP contribution is -2.42. The summed E-state index contributed by atoms with van der Waals surface area (Å²) in [5.41, 5.74) is 5.90. The van der Waals surface area contributed by atoms with Crippen LogP contribution >= 0.6 is 34.5 Å². The first-order valence-corrected chi connectivity index (χ1v) is 13.7. The minimum absolute atomic E-state index is 0.0446. The minimum Gasteiger partial charge on any atom is -0.407 e. The van der Waals surface area contributed by atoms with Crippen LogP contribution in [-0.4, -0.2) is 43.6 Å². The van der Waals surface area contributed by atoms with Gasteiger partial charge in [0.2, 0.25) is 15.9 Å². The number of nitrogens with one attached hydrogen (secondary N) is 1. The maximum absolute atomic E-state index is 13.0. The van der Waals surface area contributed by atoms with Crippen molar-refractivity contribution in [1.82, 2.24) is 4.31 Å². The van der Waals surface area contributed by atoms with E-state index in [0.717, 1.165) is 17.8 Å². The molecule has 0 radical (unpaired) electrons. The Labute approximate surface area is 214 Å². The van der Waals surface area contributed by atoms with Crippen LogP contribution < -0.4 is 5.73 Å². The Kier molecular flexibility index (Phi) is 10.1. The highest BCUT2D eigenvalue weighted by molar-refractivity contribution is 7.89. The van der Waals surface area contributed by atoms with Crippen molar-refractivity contribution in [2.45, 2.75) is 39.0 Å². The number of carbonyl (C=O) groups is 1. The summed E-state index contributed by atoms with van der Waals surface area (Å²) in [5.74, 6) is -0.642. The molecule has 0 bridgehead atoms. The van der Waals surface area contributed by atoms with Crippen LogP contribution in [0.4, 0.5) is 0 Å². The van der Waals surface area contributed by atoms with E-state index in [-0.39, 0.29) is 27.2 Å². The second-order valence-electron chi connectivity index (χ2n) is 7.76. The molecule has 1 aliphatic rings. The first kappa shape index (κ1) is 28.3. The molecule has 1 aromatic heterocycles. The SMILES string of the molecule is CC.C[C@@H]1C[C@H](C)CN(S(=O)(=O)c2csc(C(=O)N=C(N)OC(=N)c3cc(Cl)cc(Cl)c3)c2)C1. The largest absolute Gasteiger partial charge is 0.407 e. The summed E-state index contributed by atoms with van der Waals surface area (Å²) in [5, 5.41) is 9.96. The van der Waals surface area contributed by atoms with Gasteiger partial charge in [-0.05, 0) is 42.5 Å². The molecule has 0 saturated carbocycles. The summed E-state index contributed by atoms with van der Waals surface area (Å²) < 4.78 is 32.5. The number of sulfonamides is 1. The molecule has 34 heavy (non-hydrogen) atoms. The lowest BCUT2D eigenvalue weighted by Gasteiger charge is -2.33. The lowest BCUT2D eigenvalue weighted by molar-refractivity contribution is 0.100. The van der Waals surface area contributed by atoms with Crippen LogP contribution in [0.3, 0.4) is 0 Å². The predicted octanol–water partition coefficient (Wildman–Crippen LogP) is 5.24. The molecule has 1 saturated heterocycles. The third-order valence-corrected chi connectivity index (χ3v) is 8.12. The third-order valence-electron chi connectivity index (χ3n) is 4.80. The number of aliphatic imine (C=N–C) groups is 1. The van der Waals surface area contributed by atoms with Gasteiger partial charge in [0, 0.05) is 34.1 Å². The number of nitrogens with two attached hydrogens (primary N) is 1. The zero-order valence-electron chi connectivity index (χ0n) is 19.3. The molecule has 8 nitrogen and oxygen atoms in total. The molecule has 0 aliphatic carbocycles. The molecule has 12 heteroatoms. The Morgan fingerprint density at radius 2 is 1.71 bits per heavy atom. The molecule has 186 valence electrons. The Morgan fingerprint density at radius 3 is 2.26 bits per heavy atom. The highest BCUT2D eigenvalue weighted by Gasteiger charge is 2.32. The number of halogens is 2. The number of amides is 1. The summed E-state index contributed by atoms with van der Waals surface area (Å²) in [6.07, 6.45) is 0.976. The van der Waals surface area contributed by atoms with Gasteiger partial charge in [0.15, 0.2) is 0 Å². The average Bonchev–Trinajstić information content (AvgIpc) is 3.25. The van der Waals surface area contributed by atoms with E-state index in [4.69, 9.17) is 39.1 Å². The quantitative estimate of drug-likeness (QED) is 0.400. The number of hydrogen-bond acceptors (Lipinski definition) is 6. The van der Waals surface area contributed by atoms with Crippen molar-refractivity contribution in [3.63, 3.8) is 0 Å². The van der Waals surface area contributed by atoms with E-state index in [1.54, 1.807) is 0 Å². The summed E-state index contributed by atoms with van der Waals surface area (Å²) in [4.78, 5) is 16.2. The molecule has 2 heterocycles. The maximum atomic E-state index is 13.0. The monoisotopic (exact) mass is 546 g/mol. The van der Waals surface area contributed by atoms with E-state index in [2.05, 4.69) is 4.99 Å². The minimum atomic E-state index is -3.71. The molecule has 3 N–H and O–H groups in total. The smallest absolute Gasteiger partial charge is 0.297 e. The number of nitrogens with zero attached hydrogens (tertiary/aromatic N) is 2. The Bertz CT molecular complexity index is 1150. The van der Waals surface area contributed by atoms with Crippen LogP contribution in [0.25, 0.3) is 0 Å².